The molecule has 2 aromatic carbocycles. The summed E-state index contributed by atoms with van der Waals surface area (Å²) in [7, 11) is 1.64. The van der Waals surface area contributed by atoms with Gasteiger partial charge < -0.3 is 4.74 Å². The minimum absolute atomic E-state index is 0.141. The first-order valence-corrected chi connectivity index (χ1v) is 7.36. The van der Waals surface area contributed by atoms with E-state index in [0.717, 1.165) is 22.4 Å². The number of methoxy groups -OCH3 is 1. The largest absolute Gasteiger partial charge is 0.496 e. The molecular weight excluding hydrogens is 307 g/mol. The lowest BCUT2D eigenvalue weighted by atomic mass is 9.97. The van der Waals surface area contributed by atoms with E-state index >= 15 is 0 Å². The van der Waals surface area contributed by atoms with Crippen molar-refractivity contribution < 1.29 is 4.74 Å². The topological polar surface area (TPSA) is 47.3 Å². The van der Waals surface area contributed by atoms with Gasteiger partial charge >= 0.3 is 0 Å². The molecule has 3 nitrogen and oxygen atoms in total. The zero-order valence-electron chi connectivity index (χ0n) is 12.0. The van der Waals surface area contributed by atoms with Gasteiger partial charge in [0.1, 0.15) is 5.75 Å². The van der Waals surface area contributed by atoms with Gasteiger partial charge in [-0.3, -0.25) is 11.3 Å². The summed E-state index contributed by atoms with van der Waals surface area (Å²) in [6, 6.07) is 11.3. The first kappa shape index (κ1) is 16.1. The highest BCUT2D eigenvalue weighted by Gasteiger charge is 2.18. The van der Waals surface area contributed by atoms with Crippen LogP contribution in [-0.4, -0.2) is 7.11 Å². The molecule has 0 spiro atoms. The minimum atomic E-state index is -0.141. The van der Waals surface area contributed by atoms with Crippen molar-refractivity contribution in [3.8, 4) is 5.75 Å². The molecule has 2 aromatic rings. The second kappa shape index (κ2) is 7.14. The van der Waals surface area contributed by atoms with Gasteiger partial charge in [0.15, 0.2) is 0 Å². The summed E-state index contributed by atoms with van der Waals surface area (Å²) in [6.45, 7) is 2.03. The van der Waals surface area contributed by atoms with Gasteiger partial charge in [-0.05, 0) is 37.1 Å². The number of ether oxygens (including phenoxy) is 1. The number of halogens is 2. The fourth-order valence-electron chi connectivity index (χ4n) is 2.32. The lowest BCUT2D eigenvalue weighted by Gasteiger charge is -2.21. The van der Waals surface area contributed by atoms with Crippen molar-refractivity contribution in [1.82, 2.24) is 5.43 Å². The van der Waals surface area contributed by atoms with Gasteiger partial charge in [0.2, 0.25) is 0 Å². The lowest BCUT2D eigenvalue weighted by molar-refractivity contribution is 0.399. The van der Waals surface area contributed by atoms with Crippen LogP contribution in [0.4, 0.5) is 0 Å². The molecule has 1 atom stereocenters. The Kier molecular flexibility index (Phi) is 5.48. The highest BCUT2D eigenvalue weighted by atomic mass is 35.5. The van der Waals surface area contributed by atoms with E-state index in [0.29, 0.717) is 16.5 Å². The van der Waals surface area contributed by atoms with Crippen LogP contribution in [0.1, 0.15) is 22.7 Å². The molecule has 0 saturated heterocycles. The maximum Gasteiger partial charge on any atom is 0.123 e. The van der Waals surface area contributed by atoms with Crippen molar-refractivity contribution in [3.05, 3.63) is 63.1 Å². The van der Waals surface area contributed by atoms with Gasteiger partial charge in [-0.2, -0.15) is 0 Å². The smallest absolute Gasteiger partial charge is 0.123 e. The fraction of sp³-hybridized carbons (Fsp3) is 0.250. The van der Waals surface area contributed by atoms with E-state index in [1.807, 2.05) is 43.3 Å². The zero-order chi connectivity index (χ0) is 15.4. The molecule has 0 aromatic heterocycles. The number of nitrogens with one attached hydrogen (secondary N) is 1. The Hall–Kier alpha value is -1.26. The number of nitrogens with two attached hydrogens (primary N) is 1. The number of aryl methyl sites for hydroxylation is 1. The van der Waals surface area contributed by atoms with Crippen LogP contribution in [0.5, 0.6) is 5.75 Å². The van der Waals surface area contributed by atoms with E-state index < -0.39 is 0 Å². The van der Waals surface area contributed by atoms with Crippen molar-refractivity contribution in [3.63, 3.8) is 0 Å². The normalized spacial score (nSPS) is 12.2. The molecule has 0 aliphatic carbocycles. The Morgan fingerprint density at radius 2 is 1.86 bits per heavy atom. The molecule has 0 heterocycles. The molecule has 0 aliphatic heterocycles. The van der Waals surface area contributed by atoms with Crippen LogP contribution in [0.3, 0.4) is 0 Å². The van der Waals surface area contributed by atoms with Gasteiger partial charge in [-0.15, -0.1) is 0 Å². The molecule has 0 fully saturated rings. The van der Waals surface area contributed by atoms with Gasteiger partial charge in [0, 0.05) is 15.6 Å². The standard InChI is InChI=1S/C16H18Cl2N2O/c1-10-6-7-16(21-2)12(8-10)15(20-19)9-11-13(17)4-3-5-14(11)18/h3-8,15,20H,9,19H2,1-2H3. The lowest BCUT2D eigenvalue weighted by Crippen LogP contribution is -2.30. The second-order valence-electron chi connectivity index (χ2n) is 4.87. The molecule has 0 radical (unpaired) electrons. The van der Waals surface area contributed by atoms with Crippen LogP contribution < -0.4 is 16.0 Å². The summed E-state index contributed by atoms with van der Waals surface area (Å²) in [6.07, 6.45) is 0.578. The first-order valence-electron chi connectivity index (χ1n) is 6.60. The SMILES string of the molecule is COc1ccc(C)cc1C(Cc1c(Cl)cccc1Cl)NN. The van der Waals surface area contributed by atoms with Gasteiger partial charge in [-0.25, -0.2) is 0 Å². The van der Waals surface area contributed by atoms with Crippen LogP contribution in [-0.2, 0) is 6.42 Å². The summed E-state index contributed by atoms with van der Waals surface area (Å²) < 4.78 is 5.42. The maximum absolute atomic E-state index is 6.24. The maximum atomic E-state index is 6.24. The van der Waals surface area contributed by atoms with Crippen molar-refractivity contribution in [2.75, 3.05) is 7.11 Å². The number of rotatable bonds is 5. The quantitative estimate of drug-likeness (QED) is 0.644. The van der Waals surface area contributed by atoms with Crippen molar-refractivity contribution in [2.24, 2.45) is 5.84 Å². The molecule has 0 saturated carbocycles. The fourth-order valence-corrected chi connectivity index (χ4v) is 2.87. The van der Waals surface area contributed by atoms with E-state index in [1.54, 1.807) is 7.11 Å². The van der Waals surface area contributed by atoms with E-state index in [2.05, 4.69) is 5.43 Å². The first-order chi connectivity index (χ1) is 10.1. The van der Waals surface area contributed by atoms with Crippen LogP contribution in [0.25, 0.3) is 0 Å². The van der Waals surface area contributed by atoms with Gasteiger partial charge in [-0.1, -0.05) is 47.0 Å². The summed E-state index contributed by atoms with van der Waals surface area (Å²) in [5.74, 6) is 6.52. The van der Waals surface area contributed by atoms with Crippen LogP contribution >= 0.6 is 23.2 Å². The number of hydrogen-bond acceptors (Lipinski definition) is 3. The summed E-state index contributed by atoms with van der Waals surface area (Å²) in [4.78, 5) is 0. The Balaban J connectivity index is 2.39. The van der Waals surface area contributed by atoms with Crippen molar-refractivity contribution >= 4 is 23.2 Å². The molecule has 5 heteroatoms. The minimum Gasteiger partial charge on any atom is -0.496 e. The Bertz CT molecular complexity index is 611. The molecule has 0 bridgehead atoms. The molecule has 0 amide bonds. The second-order valence-corrected chi connectivity index (χ2v) is 5.68. The molecule has 2 rings (SSSR count). The average Bonchev–Trinajstić information content (AvgIpc) is 2.47. The predicted molar refractivity (Wildman–Crippen MR) is 88.0 cm³/mol. The van der Waals surface area contributed by atoms with E-state index in [4.69, 9.17) is 33.8 Å². The number of hydrazine groups is 1. The highest BCUT2D eigenvalue weighted by Crippen LogP contribution is 2.32. The average molecular weight is 325 g/mol. The highest BCUT2D eigenvalue weighted by molar-refractivity contribution is 6.36. The Morgan fingerprint density at radius 3 is 2.43 bits per heavy atom. The van der Waals surface area contributed by atoms with Crippen LogP contribution in [0, 0.1) is 6.92 Å². The zero-order valence-corrected chi connectivity index (χ0v) is 13.5. The predicted octanol–water partition coefficient (Wildman–Crippen LogP) is 4.06. The molecule has 3 N–H and O–H groups in total. The Morgan fingerprint density at radius 1 is 1.19 bits per heavy atom. The third-order valence-corrected chi connectivity index (χ3v) is 4.14. The van der Waals surface area contributed by atoms with E-state index in [9.17, 15) is 0 Å². The monoisotopic (exact) mass is 324 g/mol. The summed E-state index contributed by atoms with van der Waals surface area (Å²) in [5.41, 5.74) is 5.81. The molecule has 112 valence electrons. The molecular formula is C16H18Cl2N2O. The van der Waals surface area contributed by atoms with E-state index in [1.165, 1.54) is 0 Å². The van der Waals surface area contributed by atoms with Crippen LogP contribution in [0.2, 0.25) is 10.0 Å². The van der Waals surface area contributed by atoms with Crippen LogP contribution in [0.15, 0.2) is 36.4 Å². The Labute approximate surface area is 135 Å². The molecule has 1 unspecified atom stereocenters. The molecule has 21 heavy (non-hydrogen) atoms. The third kappa shape index (κ3) is 3.69. The van der Waals surface area contributed by atoms with Gasteiger partial charge in [0.05, 0.1) is 13.2 Å². The molecule has 0 aliphatic rings. The summed E-state index contributed by atoms with van der Waals surface area (Å²) in [5, 5.41) is 1.27. The summed E-state index contributed by atoms with van der Waals surface area (Å²) >= 11 is 12.5. The van der Waals surface area contributed by atoms with Gasteiger partial charge in [0.25, 0.3) is 0 Å². The van der Waals surface area contributed by atoms with Crippen molar-refractivity contribution in [2.45, 2.75) is 19.4 Å². The van der Waals surface area contributed by atoms with E-state index in [-0.39, 0.29) is 6.04 Å². The van der Waals surface area contributed by atoms with Crippen molar-refractivity contribution in [1.29, 1.82) is 0 Å². The third-order valence-electron chi connectivity index (χ3n) is 3.43. The number of benzene rings is 2. The number of hydrogen-bond donors (Lipinski definition) is 2.